The van der Waals surface area contributed by atoms with Crippen LogP contribution in [-0.2, 0) is 0 Å². The van der Waals surface area contributed by atoms with Gasteiger partial charge in [-0.25, -0.2) is 0 Å². The molecular weight excluding hydrogens is 174 g/mol. The lowest BCUT2D eigenvalue weighted by Crippen LogP contribution is -2.33. The van der Waals surface area contributed by atoms with E-state index >= 15 is 0 Å². The van der Waals surface area contributed by atoms with Gasteiger partial charge in [-0.15, -0.1) is 0 Å². The SMILES string of the molecule is CC(C)N1C(=O)c2ccccc2C1C. The van der Waals surface area contributed by atoms with Gasteiger partial charge in [-0.2, -0.15) is 0 Å². The van der Waals surface area contributed by atoms with Crippen LogP contribution in [0.15, 0.2) is 24.3 Å². The maximum absolute atomic E-state index is 12.0. The van der Waals surface area contributed by atoms with Gasteiger partial charge >= 0.3 is 0 Å². The molecule has 0 bridgehead atoms. The second kappa shape index (κ2) is 3.12. The van der Waals surface area contributed by atoms with Crippen LogP contribution >= 0.6 is 0 Å². The first-order valence-electron chi connectivity index (χ1n) is 5.04. The van der Waals surface area contributed by atoms with Crippen molar-refractivity contribution in [3.8, 4) is 0 Å². The van der Waals surface area contributed by atoms with Crippen LogP contribution in [0.5, 0.6) is 0 Å². The monoisotopic (exact) mass is 189 g/mol. The van der Waals surface area contributed by atoms with Crippen molar-refractivity contribution in [2.45, 2.75) is 32.9 Å². The van der Waals surface area contributed by atoms with E-state index in [0.717, 1.165) is 11.1 Å². The van der Waals surface area contributed by atoms with Gasteiger partial charge < -0.3 is 4.90 Å². The molecule has 1 heterocycles. The lowest BCUT2D eigenvalue weighted by molar-refractivity contribution is 0.0678. The molecule has 0 radical (unpaired) electrons. The molecule has 1 aliphatic heterocycles. The Balaban J connectivity index is 2.48. The Morgan fingerprint density at radius 2 is 1.93 bits per heavy atom. The zero-order chi connectivity index (χ0) is 10.3. The minimum Gasteiger partial charge on any atom is -0.329 e. The first kappa shape index (κ1) is 9.25. The zero-order valence-electron chi connectivity index (χ0n) is 8.82. The summed E-state index contributed by atoms with van der Waals surface area (Å²) in [4.78, 5) is 13.9. The van der Waals surface area contributed by atoms with E-state index < -0.39 is 0 Å². The summed E-state index contributed by atoms with van der Waals surface area (Å²) in [7, 11) is 0. The molecule has 2 rings (SSSR count). The van der Waals surface area contributed by atoms with E-state index in [-0.39, 0.29) is 18.0 Å². The summed E-state index contributed by atoms with van der Waals surface area (Å²) in [5.74, 6) is 0.170. The van der Waals surface area contributed by atoms with Crippen LogP contribution in [0.1, 0.15) is 42.7 Å². The van der Waals surface area contributed by atoms with Crippen molar-refractivity contribution in [1.29, 1.82) is 0 Å². The molecule has 1 aromatic rings. The summed E-state index contributed by atoms with van der Waals surface area (Å²) < 4.78 is 0. The Labute approximate surface area is 84.5 Å². The van der Waals surface area contributed by atoms with E-state index in [1.165, 1.54) is 0 Å². The Morgan fingerprint density at radius 1 is 1.29 bits per heavy atom. The number of benzene rings is 1. The highest BCUT2D eigenvalue weighted by molar-refractivity contribution is 5.99. The average Bonchev–Trinajstić information content (AvgIpc) is 2.41. The number of nitrogens with zero attached hydrogens (tertiary/aromatic N) is 1. The van der Waals surface area contributed by atoms with Crippen molar-refractivity contribution in [1.82, 2.24) is 4.90 Å². The summed E-state index contributed by atoms with van der Waals surface area (Å²) >= 11 is 0. The smallest absolute Gasteiger partial charge is 0.254 e. The van der Waals surface area contributed by atoms with Crippen LogP contribution in [0.25, 0.3) is 0 Å². The van der Waals surface area contributed by atoms with Crippen LogP contribution in [0.3, 0.4) is 0 Å². The Kier molecular flexibility index (Phi) is 2.06. The van der Waals surface area contributed by atoms with Crippen LogP contribution in [-0.4, -0.2) is 16.8 Å². The maximum Gasteiger partial charge on any atom is 0.254 e. The second-order valence-corrected chi connectivity index (χ2v) is 4.07. The molecule has 0 saturated heterocycles. The Bertz CT molecular complexity index is 370. The summed E-state index contributed by atoms with van der Waals surface area (Å²) in [5.41, 5.74) is 2.03. The molecule has 0 N–H and O–H groups in total. The van der Waals surface area contributed by atoms with Gasteiger partial charge in [0, 0.05) is 11.6 Å². The normalized spacial score (nSPS) is 20.4. The summed E-state index contributed by atoms with van der Waals surface area (Å²) in [6.45, 7) is 6.20. The number of fused-ring (bicyclic) bond motifs is 1. The van der Waals surface area contributed by atoms with Gasteiger partial charge in [-0.05, 0) is 32.4 Å². The minimum absolute atomic E-state index is 0.170. The number of rotatable bonds is 1. The molecule has 1 unspecified atom stereocenters. The van der Waals surface area contributed by atoms with E-state index in [0.29, 0.717) is 0 Å². The van der Waals surface area contributed by atoms with Crippen molar-refractivity contribution >= 4 is 5.91 Å². The fourth-order valence-electron chi connectivity index (χ4n) is 2.20. The first-order valence-corrected chi connectivity index (χ1v) is 5.04. The van der Waals surface area contributed by atoms with Crippen LogP contribution < -0.4 is 0 Å². The van der Waals surface area contributed by atoms with Gasteiger partial charge in [-0.1, -0.05) is 18.2 Å². The number of carbonyl (C=O) groups is 1. The number of hydrogen-bond acceptors (Lipinski definition) is 1. The zero-order valence-corrected chi connectivity index (χ0v) is 8.82. The van der Waals surface area contributed by atoms with Crippen molar-refractivity contribution in [2.75, 3.05) is 0 Å². The van der Waals surface area contributed by atoms with Gasteiger partial charge in [0.05, 0.1) is 6.04 Å². The standard InChI is InChI=1S/C12H15NO/c1-8(2)13-9(3)10-6-4-5-7-11(10)12(13)14/h4-9H,1-3H3. The lowest BCUT2D eigenvalue weighted by atomic mass is 10.1. The quantitative estimate of drug-likeness (QED) is 0.665. The third-order valence-electron chi connectivity index (χ3n) is 2.85. The molecule has 0 aliphatic carbocycles. The highest BCUT2D eigenvalue weighted by Gasteiger charge is 2.34. The van der Waals surface area contributed by atoms with Gasteiger partial charge in [0.15, 0.2) is 0 Å². The molecule has 0 saturated carbocycles. The van der Waals surface area contributed by atoms with Gasteiger partial charge in [0.2, 0.25) is 0 Å². The fraction of sp³-hybridized carbons (Fsp3) is 0.417. The maximum atomic E-state index is 12.0. The first-order chi connectivity index (χ1) is 6.63. The Hall–Kier alpha value is -1.31. The Morgan fingerprint density at radius 3 is 2.50 bits per heavy atom. The molecule has 0 spiro atoms. The number of amides is 1. The molecule has 2 heteroatoms. The topological polar surface area (TPSA) is 20.3 Å². The highest BCUT2D eigenvalue weighted by atomic mass is 16.2. The van der Waals surface area contributed by atoms with E-state index in [2.05, 4.69) is 20.8 Å². The molecule has 14 heavy (non-hydrogen) atoms. The van der Waals surface area contributed by atoms with Crippen LogP contribution in [0, 0.1) is 0 Å². The molecular formula is C12H15NO. The number of carbonyl (C=O) groups excluding carboxylic acids is 1. The molecule has 0 aromatic heterocycles. The van der Waals surface area contributed by atoms with E-state index in [1.54, 1.807) is 0 Å². The average molecular weight is 189 g/mol. The van der Waals surface area contributed by atoms with Crippen molar-refractivity contribution in [3.05, 3.63) is 35.4 Å². The van der Waals surface area contributed by atoms with Gasteiger partial charge in [-0.3, -0.25) is 4.79 Å². The summed E-state index contributed by atoms with van der Waals surface area (Å²) in [6, 6.07) is 8.36. The minimum atomic E-state index is 0.170. The highest BCUT2D eigenvalue weighted by Crippen LogP contribution is 2.34. The van der Waals surface area contributed by atoms with Crippen molar-refractivity contribution in [3.63, 3.8) is 0 Å². The molecule has 0 fully saturated rings. The fourth-order valence-corrected chi connectivity index (χ4v) is 2.20. The van der Waals surface area contributed by atoms with Crippen molar-refractivity contribution < 1.29 is 4.79 Å². The third-order valence-corrected chi connectivity index (χ3v) is 2.85. The van der Waals surface area contributed by atoms with Gasteiger partial charge in [0.1, 0.15) is 0 Å². The molecule has 2 nitrogen and oxygen atoms in total. The molecule has 1 atom stereocenters. The molecule has 1 amide bonds. The second-order valence-electron chi connectivity index (χ2n) is 4.07. The van der Waals surface area contributed by atoms with E-state index in [9.17, 15) is 4.79 Å². The summed E-state index contributed by atoms with van der Waals surface area (Å²) in [5, 5.41) is 0. The molecule has 74 valence electrons. The lowest BCUT2D eigenvalue weighted by Gasteiger charge is -2.26. The van der Waals surface area contributed by atoms with Crippen molar-refractivity contribution in [2.24, 2.45) is 0 Å². The third kappa shape index (κ3) is 1.14. The predicted molar refractivity (Wildman–Crippen MR) is 56.2 cm³/mol. The molecule has 1 aliphatic rings. The van der Waals surface area contributed by atoms with E-state index in [1.807, 2.05) is 29.2 Å². The number of hydrogen-bond donors (Lipinski definition) is 0. The van der Waals surface area contributed by atoms with E-state index in [4.69, 9.17) is 0 Å². The summed E-state index contributed by atoms with van der Waals surface area (Å²) in [6.07, 6.45) is 0. The predicted octanol–water partition coefficient (Wildman–Crippen LogP) is 2.61. The molecule has 1 aromatic carbocycles. The largest absolute Gasteiger partial charge is 0.329 e. The van der Waals surface area contributed by atoms with Crippen LogP contribution in [0.2, 0.25) is 0 Å². The van der Waals surface area contributed by atoms with Crippen LogP contribution in [0.4, 0.5) is 0 Å². The van der Waals surface area contributed by atoms with Gasteiger partial charge in [0.25, 0.3) is 5.91 Å².